The summed E-state index contributed by atoms with van der Waals surface area (Å²) in [5.41, 5.74) is 3.38. The zero-order chi connectivity index (χ0) is 12.1. The van der Waals surface area contributed by atoms with Gasteiger partial charge in [0.2, 0.25) is 0 Å². The topological polar surface area (TPSA) is 38.3 Å². The van der Waals surface area contributed by atoms with Crippen LogP contribution in [0, 0.1) is 13.8 Å². The molecule has 0 radical (unpaired) electrons. The Kier molecular flexibility index (Phi) is 4.62. The standard InChI is InChI=1S/C12H16ClNO2/c1-8-6-10(4-5-14-12(13)15)7-9(2)11(8)16-3/h6-7H,4-5H2,1-3H3,(H,14,15). The molecule has 4 heteroatoms. The first-order valence-electron chi connectivity index (χ1n) is 5.12. The first-order valence-corrected chi connectivity index (χ1v) is 5.50. The summed E-state index contributed by atoms with van der Waals surface area (Å²) in [6.07, 6.45) is 0.768. The van der Waals surface area contributed by atoms with E-state index in [1.807, 2.05) is 13.8 Å². The van der Waals surface area contributed by atoms with Crippen LogP contribution in [0.15, 0.2) is 12.1 Å². The predicted octanol–water partition coefficient (Wildman–Crippen LogP) is 2.80. The summed E-state index contributed by atoms with van der Waals surface area (Å²) in [4.78, 5) is 10.5. The number of nitrogens with one attached hydrogen (secondary N) is 1. The molecule has 0 heterocycles. The molecule has 0 aliphatic rings. The number of halogens is 1. The summed E-state index contributed by atoms with van der Waals surface area (Å²) in [5, 5.41) is 2.04. The Labute approximate surface area is 101 Å². The molecule has 0 unspecified atom stereocenters. The zero-order valence-corrected chi connectivity index (χ0v) is 10.5. The number of carbonyl (C=O) groups excluding carboxylic acids is 1. The first-order chi connectivity index (χ1) is 7.54. The van der Waals surface area contributed by atoms with E-state index >= 15 is 0 Å². The van der Waals surface area contributed by atoms with Crippen LogP contribution >= 0.6 is 11.6 Å². The van der Waals surface area contributed by atoms with Gasteiger partial charge in [-0.1, -0.05) is 12.1 Å². The molecule has 88 valence electrons. The van der Waals surface area contributed by atoms with Crippen molar-refractivity contribution in [3.63, 3.8) is 0 Å². The number of rotatable bonds is 4. The van der Waals surface area contributed by atoms with Crippen LogP contribution in [0.25, 0.3) is 0 Å². The van der Waals surface area contributed by atoms with Crippen LogP contribution < -0.4 is 10.1 Å². The number of carbonyl (C=O) groups is 1. The van der Waals surface area contributed by atoms with Crippen molar-refractivity contribution in [3.8, 4) is 5.75 Å². The normalized spacial score (nSPS) is 10.0. The molecule has 1 N–H and O–H groups in total. The fourth-order valence-corrected chi connectivity index (χ4v) is 1.91. The highest BCUT2D eigenvalue weighted by Crippen LogP contribution is 2.24. The smallest absolute Gasteiger partial charge is 0.313 e. The van der Waals surface area contributed by atoms with Gasteiger partial charge in [0.1, 0.15) is 5.75 Å². The number of hydrogen-bond acceptors (Lipinski definition) is 2. The van der Waals surface area contributed by atoms with Gasteiger partial charge in [-0.25, -0.2) is 0 Å². The van der Waals surface area contributed by atoms with E-state index in [9.17, 15) is 4.79 Å². The molecule has 0 saturated heterocycles. The molecule has 1 amide bonds. The lowest BCUT2D eigenvalue weighted by Gasteiger charge is -2.11. The molecule has 0 aromatic heterocycles. The third kappa shape index (κ3) is 3.42. The second-order valence-electron chi connectivity index (χ2n) is 3.71. The number of benzene rings is 1. The Morgan fingerprint density at radius 2 is 1.94 bits per heavy atom. The Bertz CT molecular complexity index is 368. The third-order valence-electron chi connectivity index (χ3n) is 2.40. The summed E-state index contributed by atoms with van der Waals surface area (Å²) in [6.45, 7) is 4.57. The second-order valence-corrected chi connectivity index (χ2v) is 4.06. The van der Waals surface area contributed by atoms with Crippen molar-refractivity contribution < 1.29 is 9.53 Å². The minimum atomic E-state index is -0.512. The van der Waals surface area contributed by atoms with E-state index in [1.54, 1.807) is 7.11 Å². The molecule has 1 aromatic carbocycles. The number of methoxy groups -OCH3 is 1. The number of ether oxygens (including phenoxy) is 1. The van der Waals surface area contributed by atoms with Gasteiger partial charge in [-0.05, 0) is 48.6 Å². The van der Waals surface area contributed by atoms with Gasteiger partial charge in [-0.3, -0.25) is 4.79 Å². The molecule has 0 bridgehead atoms. The summed E-state index contributed by atoms with van der Waals surface area (Å²) >= 11 is 5.18. The van der Waals surface area contributed by atoms with Gasteiger partial charge in [0, 0.05) is 6.54 Å². The second kappa shape index (κ2) is 5.75. The molecule has 3 nitrogen and oxygen atoms in total. The van der Waals surface area contributed by atoms with Crippen LogP contribution in [0.5, 0.6) is 5.75 Å². The van der Waals surface area contributed by atoms with Crippen molar-refractivity contribution in [1.82, 2.24) is 5.32 Å². The van der Waals surface area contributed by atoms with E-state index in [0.717, 1.165) is 23.3 Å². The summed E-state index contributed by atoms with van der Waals surface area (Å²) in [6, 6.07) is 4.12. The fraction of sp³-hybridized carbons (Fsp3) is 0.417. The van der Waals surface area contributed by atoms with Gasteiger partial charge < -0.3 is 10.1 Å². The van der Waals surface area contributed by atoms with Gasteiger partial charge in [0.25, 0.3) is 0 Å². The van der Waals surface area contributed by atoms with Crippen molar-refractivity contribution in [2.24, 2.45) is 0 Å². The SMILES string of the molecule is COc1c(C)cc(CCNC(=O)Cl)cc1C. The Morgan fingerprint density at radius 3 is 2.38 bits per heavy atom. The molecule has 0 fully saturated rings. The van der Waals surface area contributed by atoms with Crippen molar-refractivity contribution in [3.05, 3.63) is 28.8 Å². The van der Waals surface area contributed by atoms with Crippen LogP contribution in [-0.2, 0) is 6.42 Å². The predicted molar refractivity (Wildman–Crippen MR) is 65.4 cm³/mol. The fourth-order valence-electron chi connectivity index (χ4n) is 1.81. The van der Waals surface area contributed by atoms with E-state index in [4.69, 9.17) is 16.3 Å². The van der Waals surface area contributed by atoms with Gasteiger partial charge in [0.05, 0.1) is 7.11 Å². The summed E-state index contributed by atoms with van der Waals surface area (Å²) in [5.74, 6) is 0.921. The Hall–Kier alpha value is -1.22. The molecular weight excluding hydrogens is 226 g/mol. The van der Waals surface area contributed by atoms with E-state index in [-0.39, 0.29) is 0 Å². The molecule has 0 spiro atoms. The summed E-state index contributed by atoms with van der Waals surface area (Å²) in [7, 11) is 1.67. The van der Waals surface area contributed by atoms with E-state index < -0.39 is 5.37 Å². The van der Waals surface area contributed by atoms with E-state index in [2.05, 4.69) is 17.4 Å². The third-order valence-corrected chi connectivity index (χ3v) is 2.54. The first kappa shape index (κ1) is 12.8. The van der Waals surface area contributed by atoms with Gasteiger partial charge >= 0.3 is 5.37 Å². The molecule has 16 heavy (non-hydrogen) atoms. The minimum Gasteiger partial charge on any atom is -0.496 e. The maximum absolute atomic E-state index is 10.5. The van der Waals surface area contributed by atoms with Crippen molar-refractivity contribution in [2.45, 2.75) is 20.3 Å². The molecule has 1 rings (SSSR count). The van der Waals surface area contributed by atoms with Crippen molar-refractivity contribution in [2.75, 3.05) is 13.7 Å². The highest BCUT2D eigenvalue weighted by atomic mass is 35.5. The van der Waals surface area contributed by atoms with Crippen molar-refractivity contribution in [1.29, 1.82) is 0 Å². The molecule has 0 atom stereocenters. The van der Waals surface area contributed by atoms with Gasteiger partial charge in [0.15, 0.2) is 0 Å². The van der Waals surface area contributed by atoms with Crippen LogP contribution in [0.1, 0.15) is 16.7 Å². The maximum atomic E-state index is 10.5. The highest BCUT2D eigenvalue weighted by Gasteiger charge is 2.05. The van der Waals surface area contributed by atoms with E-state index in [0.29, 0.717) is 6.54 Å². The maximum Gasteiger partial charge on any atom is 0.313 e. The van der Waals surface area contributed by atoms with Crippen LogP contribution in [-0.4, -0.2) is 19.0 Å². The van der Waals surface area contributed by atoms with Crippen LogP contribution in [0.4, 0.5) is 4.79 Å². The van der Waals surface area contributed by atoms with Gasteiger partial charge in [-0.15, -0.1) is 0 Å². The molecular formula is C12H16ClNO2. The molecule has 0 aliphatic carbocycles. The monoisotopic (exact) mass is 241 g/mol. The quantitative estimate of drug-likeness (QED) is 0.650. The lowest BCUT2D eigenvalue weighted by molar-refractivity contribution is 0.260. The van der Waals surface area contributed by atoms with Crippen molar-refractivity contribution >= 4 is 17.0 Å². The highest BCUT2D eigenvalue weighted by molar-refractivity contribution is 6.62. The summed E-state index contributed by atoms with van der Waals surface area (Å²) < 4.78 is 5.28. The zero-order valence-electron chi connectivity index (χ0n) is 9.76. The average Bonchev–Trinajstić information content (AvgIpc) is 2.16. The molecule has 0 saturated carbocycles. The van der Waals surface area contributed by atoms with Crippen LogP contribution in [0.3, 0.4) is 0 Å². The number of amides is 1. The van der Waals surface area contributed by atoms with Gasteiger partial charge in [-0.2, -0.15) is 0 Å². The number of hydrogen-bond donors (Lipinski definition) is 1. The Morgan fingerprint density at radius 1 is 1.38 bits per heavy atom. The minimum absolute atomic E-state index is 0.512. The molecule has 1 aromatic rings. The lowest BCUT2D eigenvalue weighted by atomic mass is 10.0. The molecule has 0 aliphatic heterocycles. The Balaban J connectivity index is 2.72. The largest absolute Gasteiger partial charge is 0.496 e. The number of aryl methyl sites for hydroxylation is 2. The van der Waals surface area contributed by atoms with E-state index in [1.165, 1.54) is 5.56 Å². The lowest BCUT2D eigenvalue weighted by Crippen LogP contribution is -2.19. The van der Waals surface area contributed by atoms with Crippen LogP contribution in [0.2, 0.25) is 0 Å². The average molecular weight is 242 g/mol.